The van der Waals surface area contributed by atoms with Crippen LogP contribution >= 0.6 is 11.6 Å². The van der Waals surface area contributed by atoms with Crippen LogP contribution in [0.5, 0.6) is 11.5 Å². The quantitative estimate of drug-likeness (QED) is 0.359. The lowest BCUT2D eigenvalue weighted by atomic mass is 10.1. The van der Waals surface area contributed by atoms with Gasteiger partial charge in [-0.1, -0.05) is 66.2 Å². The van der Waals surface area contributed by atoms with Gasteiger partial charge >= 0.3 is 6.03 Å². The van der Waals surface area contributed by atoms with Crippen LogP contribution in [-0.4, -0.2) is 23.4 Å². The molecule has 0 saturated carbocycles. The van der Waals surface area contributed by atoms with Gasteiger partial charge in [-0.3, -0.25) is 9.69 Å². The topological polar surface area (TPSA) is 67.9 Å². The third-order valence-corrected chi connectivity index (χ3v) is 5.43. The first-order chi connectivity index (χ1) is 16.0. The van der Waals surface area contributed by atoms with E-state index < -0.39 is 6.03 Å². The number of hydrogen-bond donors (Lipinski definition) is 1. The van der Waals surface area contributed by atoms with Gasteiger partial charge in [-0.15, -0.1) is 0 Å². The van der Waals surface area contributed by atoms with Crippen molar-refractivity contribution in [2.45, 2.75) is 20.1 Å². The summed E-state index contributed by atoms with van der Waals surface area (Å²) in [6.07, 6.45) is 1.63. The molecular weight excluding hydrogens is 440 g/mol. The number of nitrogens with one attached hydrogen (secondary N) is 1. The van der Waals surface area contributed by atoms with Crippen molar-refractivity contribution in [2.24, 2.45) is 0 Å². The van der Waals surface area contributed by atoms with Gasteiger partial charge in [0.25, 0.3) is 5.91 Å². The summed E-state index contributed by atoms with van der Waals surface area (Å²) >= 11 is 6.21. The van der Waals surface area contributed by atoms with Gasteiger partial charge in [0.1, 0.15) is 12.3 Å². The van der Waals surface area contributed by atoms with E-state index in [0.717, 1.165) is 11.1 Å². The van der Waals surface area contributed by atoms with E-state index in [4.69, 9.17) is 21.1 Å². The number of carbonyl (C=O) groups is 2. The Hall–Kier alpha value is -3.77. The summed E-state index contributed by atoms with van der Waals surface area (Å²) in [6.45, 7) is 2.83. The maximum Gasteiger partial charge on any atom is 0.329 e. The molecule has 0 spiro atoms. The Morgan fingerprint density at radius 3 is 2.45 bits per heavy atom. The van der Waals surface area contributed by atoms with Gasteiger partial charge < -0.3 is 14.8 Å². The molecule has 168 valence electrons. The highest BCUT2D eigenvalue weighted by Crippen LogP contribution is 2.31. The van der Waals surface area contributed by atoms with Crippen LogP contribution in [0.4, 0.5) is 4.79 Å². The van der Waals surface area contributed by atoms with Crippen LogP contribution in [-0.2, 0) is 17.9 Å². The van der Waals surface area contributed by atoms with E-state index in [1.165, 1.54) is 4.90 Å². The second-order valence-electron chi connectivity index (χ2n) is 7.38. The summed E-state index contributed by atoms with van der Waals surface area (Å²) in [5, 5.41) is 3.29. The maximum atomic E-state index is 12.8. The SMILES string of the molecule is CCOc1cc(/C=C2/NC(=O)N(Cc3ccccc3)C2=O)ccc1OCc1ccccc1Cl. The molecule has 3 aromatic rings. The molecule has 0 atom stereocenters. The van der Waals surface area contributed by atoms with Crippen LogP contribution in [0.25, 0.3) is 6.08 Å². The normalized spacial score (nSPS) is 14.5. The van der Waals surface area contributed by atoms with Crippen LogP contribution in [0.1, 0.15) is 23.6 Å². The number of benzene rings is 3. The Labute approximate surface area is 197 Å². The van der Waals surface area contributed by atoms with E-state index in [1.54, 1.807) is 24.3 Å². The van der Waals surface area contributed by atoms with E-state index >= 15 is 0 Å². The molecule has 6 nitrogen and oxygen atoms in total. The van der Waals surface area contributed by atoms with Crippen LogP contribution < -0.4 is 14.8 Å². The summed E-state index contributed by atoms with van der Waals surface area (Å²) in [5.74, 6) is 0.726. The fourth-order valence-corrected chi connectivity index (χ4v) is 3.61. The third kappa shape index (κ3) is 5.35. The minimum atomic E-state index is -0.445. The smallest absolute Gasteiger partial charge is 0.329 e. The van der Waals surface area contributed by atoms with Gasteiger partial charge in [0.2, 0.25) is 0 Å². The Bertz CT molecular complexity index is 1190. The highest BCUT2D eigenvalue weighted by molar-refractivity contribution is 6.31. The molecule has 0 aliphatic carbocycles. The number of ether oxygens (including phenoxy) is 2. The average molecular weight is 463 g/mol. The molecule has 1 aliphatic rings. The molecule has 0 bridgehead atoms. The van der Waals surface area contributed by atoms with Crippen LogP contribution in [0.15, 0.2) is 78.5 Å². The molecular formula is C26H23ClN2O4. The predicted octanol–water partition coefficient (Wildman–Crippen LogP) is 5.41. The summed E-state index contributed by atoms with van der Waals surface area (Å²) in [4.78, 5) is 26.3. The van der Waals surface area contributed by atoms with Crippen molar-refractivity contribution in [1.29, 1.82) is 0 Å². The van der Waals surface area contributed by atoms with Gasteiger partial charge in [0, 0.05) is 10.6 Å². The fraction of sp³-hybridized carbons (Fsp3) is 0.154. The van der Waals surface area contributed by atoms with Gasteiger partial charge in [-0.05, 0) is 42.3 Å². The zero-order valence-corrected chi connectivity index (χ0v) is 18.8. The molecule has 4 rings (SSSR count). The van der Waals surface area contributed by atoms with Gasteiger partial charge in [0.05, 0.1) is 13.2 Å². The Morgan fingerprint density at radius 2 is 1.70 bits per heavy atom. The maximum absolute atomic E-state index is 12.8. The molecule has 33 heavy (non-hydrogen) atoms. The number of hydrogen-bond acceptors (Lipinski definition) is 4. The molecule has 1 N–H and O–H groups in total. The lowest BCUT2D eigenvalue weighted by molar-refractivity contribution is -0.123. The summed E-state index contributed by atoms with van der Waals surface area (Å²) in [6, 6.07) is 21.8. The van der Waals surface area contributed by atoms with Crippen molar-refractivity contribution in [1.82, 2.24) is 10.2 Å². The number of urea groups is 1. The minimum Gasteiger partial charge on any atom is -0.490 e. The summed E-state index contributed by atoms with van der Waals surface area (Å²) in [5.41, 5.74) is 2.66. The number of imide groups is 1. The lowest BCUT2D eigenvalue weighted by Gasteiger charge is -2.13. The number of carbonyl (C=O) groups excluding carboxylic acids is 2. The molecule has 1 fully saturated rings. The predicted molar refractivity (Wildman–Crippen MR) is 127 cm³/mol. The monoisotopic (exact) mass is 462 g/mol. The van der Waals surface area contributed by atoms with Crippen molar-refractivity contribution in [2.75, 3.05) is 6.61 Å². The first-order valence-corrected chi connectivity index (χ1v) is 10.9. The highest BCUT2D eigenvalue weighted by atomic mass is 35.5. The average Bonchev–Trinajstić information content (AvgIpc) is 3.08. The molecule has 0 aromatic heterocycles. The highest BCUT2D eigenvalue weighted by Gasteiger charge is 2.33. The summed E-state index contributed by atoms with van der Waals surface area (Å²) in [7, 11) is 0. The summed E-state index contributed by atoms with van der Waals surface area (Å²) < 4.78 is 11.7. The fourth-order valence-electron chi connectivity index (χ4n) is 3.42. The Balaban J connectivity index is 1.51. The zero-order valence-electron chi connectivity index (χ0n) is 18.1. The van der Waals surface area contributed by atoms with Crippen LogP contribution in [0, 0.1) is 0 Å². The minimum absolute atomic E-state index is 0.210. The second-order valence-corrected chi connectivity index (χ2v) is 7.79. The first kappa shape index (κ1) is 22.4. The van der Waals surface area contributed by atoms with E-state index in [-0.39, 0.29) is 18.1 Å². The molecule has 1 saturated heterocycles. The first-order valence-electron chi connectivity index (χ1n) is 10.6. The zero-order chi connectivity index (χ0) is 23.2. The van der Waals surface area contributed by atoms with E-state index in [2.05, 4.69) is 5.32 Å². The van der Waals surface area contributed by atoms with Crippen molar-refractivity contribution in [3.8, 4) is 11.5 Å². The van der Waals surface area contributed by atoms with Gasteiger partial charge in [0.15, 0.2) is 11.5 Å². The molecule has 3 amide bonds. The number of halogens is 1. The molecule has 0 radical (unpaired) electrons. The Kier molecular flexibility index (Phi) is 6.95. The number of amides is 3. The van der Waals surface area contributed by atoms with Crippen LogP contribution in [0.2, 0.25) is 5.02 Å². The standard InChI is InChI=1S/C26H23ClN2O4/c1-2-32-24-15-19(12-13-23(24)33-17-20-10-6-7-11-21(20)27)14-22-25(30)29(26(31)28-22)16-18-8-4-3-5-9-18/h3-15H,2,16-17H2,1H3,(H,28,31)/b22-14+. The van der Waals surface area contributed by atoms with Crippen molar-refractivity contribution < 1.29 is 19.1 Å². The van der Waals surface area contributed by atoms with Crippen molar-refractivity contribution >= 4 is 29.6 Å². The third-order valence-electron chi connectivity index (χ3n) is 5.07. The molecule has 7 heteroatoms. The molecule has 0 unspecified atom stereocenters. The molecule has 1 heterocycles. The van der Waals surface area contributed by atoms with E-state index in [0.29, 0.717) is 35.3 Å². The molecule has 3 aromatic carbocycles. The number of nitrogens with zero attached hydrogens (tertiary/aromatic N) is 1. The molecule has 1 aliphatic heterocycles. The lowest BCUT2D eigenvalue weighted by Crippen LogP contribution is -2.30. The Morgan fingerprint density at radius 1 is 0.939 bits per heavy atom. The van der Waals surface area contributed by atoms with Crippen molar-refractivity contribution in [3.05, 3.63) is 100 Å². The van der Waals surface area contributed by atoms with Gasteiger partial charge in [-0.2, -0.15) is 0 Å². The van der Waals surface area contributed by atoms with E-state index in [1.807, 2.05) is 61.5 Å². The van der Waals surface area contributed by atoms with Gasteiger partial charge in [-0.25, -0.2) is 4.79 Å². The largest absolute Gasteiger partial charge is 0.490 e. The van der Waals surface area contributed by atoms with E-state index in [9.17, 15) is 9.59 Å². The van der Waals surface area contributed by atoms with Crippen LogP contribution in [0.3, 0.4) is 0 Å². The van der Waals surface area contributed by atoms with Crippen molar-refractivity contribution in [3.63, 3.8) is 0 Å². The second kappa shape index (κ2) is 10.2. The number of rotatable bonds is 8.